The summed E-state index contributed by atoms with van der Waals surface area (Å²) in [5.41, 5.74) is 0.934. The lowest BCUT2D eigenvalue weighted by atomic mass is 10.3. The number of amides is 1. The van der Waals surface area contributed by atoms with Crippen LogP contribution in [-0.4, -0.2) is 11.8 Å². The van der Waals surface area contributed by atoms with Crippen molar-refractivity contribution in [3.05, 3.63) is 24.2 Å². The SMILES string of the molecule is O=C(CCl)NCc1ccoc1. The van der Waals surface area contributed by atoms with Gasteiger partial charge in [-0.15, -0.1) is 11.6 Å². The molecule has 3 nitrogen and oxygen atoms in total. The van der Waals surface area contributed by atoms with Gasteiger partial charge in [-0.1, -0.05) is 0 Å². The molecule has 4 heteroatoms. The second-order valence-corrected chi connectivity index (χ2v) is 2.31. The Morgan fingerprint density at radius 2 is 2.55 bits per heavy atom. The normalized spacial score (nSPS) is 9.55. The van der Waals surface area contributed by atoms with Crippen molar-refractivity contribution in [2.45, 2.75) is 6.54 Å². The van der Waals surface area contributed by atoms with Crippen molar-refractivity contribution in [3.63, 3.8) is 0 Å². The second-order valence-electron chi connectivity index (χ2n) is 2.04. The van der Waals surface area contributed by atoms with Crippen molar-refractivity contribution in [2.75, 3.05) is 5.88 Å². The van der Waals surface area contributed by atoms with Crippen LogP contribution in [0.2, 0.25) is 0 Å². The number of nitrogens with one attached hydrogen (secondary N) is 1. The summed E-state index contributed by atoms with van der Waals surface area (Å²) < 4.78 is 4.80. The van der Waals surface area contributed by atoms with Gasteiger partial charge in [-0.05, 0) is 6.07 Å². The first-order valence-electron chi connectivity index (χ1n) is 3.16. The number of hydrogen-bond donors (Lipinski definition) is 1. The second kappa shape index (κ2) is 4.03. The van der Waals surface area contributed by atoms with Gasteiger partial charge < -0.3 is 9.73 Å². The van der Waals surface area contributed by atoms with Crippen molar-refractivity contribution in [2.24, 2.45) is 0 Å². The highest BCUT2D eigenvalue weighted by Gasteiger charge is 1.98. The van der Waals surface area contributed by atoms with Crippen LogP contribution in [0.1, 0.15) is 5.56 Å². The van der Waals surface area contributed by atoms with E-state index in [2.05, 4.69) is 5.32 Å². The molecule has 0 spiro atoms. The molecule has 0 bridgehead atoms. The Hall–Kier alpha value is -0.960. The summed E-state index contributed by atoms with van der Waals surface area (Å²) >= 11 is 5.26. The molecule has 0 unspecified atom stereocenters. The zero-order chi connectivity index (χ0) is 8.10. The van der Waals surface area contributed by atoms with Crippen molar-refractivity contribution < 1.29 is 9.21 Å². The molecule has 1 amide bonds. The third kappa shape index (κ3) is 2.63. The lowest BCUT2D eigenvalue weighted by Crippen LogP contribution is -2.23. The fraction of sp³-hybridized carbons (Fsp3) is 0.286. The minimum Gasteiger partial charge on any atom is -0.472 e. The highest BCUT2D eigenvalue weighted by molar-refractivity contribution is 6.27. The average Bonchev–Trinajstić information content (AvgIpc) is 2.52. The van der Waals surface area contributed by atoms with Gasteiger partial charge in [-0.25, -0.2) is 0 Å². The molecule has 11 heavy (non-hydrogen) atoms. The first kappa shape index (κ1) is 8.14. The van der Waals surface area contributed by atoms with E-state index in [0.717, 1.165) is 5.56 Å². The molecule has 0 aliphatic heterocycles. The van der Waals surface area contributed by atoms with E-state index in [1.807, 2.05) is 0 Å². The van der Waals surface area contributed by atoms with E-state index in [4.69, 9.17) is 16.0 Å². The predicted octanol–water partition coefficient (Wildman–Crippen LogP) is 1.13. The topological polar surface area (TPSA) is 42.2 Å². The maximum atomic E-state index is 10.6. The molecular weight excluding hydrogens is 166 g/mol. The van der Waals surface area contributed by atoms with E-state index in [9.17, 15) is 4.79 Å². The van der Waals surface area contributed by atoms with Gasteiger partial charge in [0.25, 0.3) is 0 Å². The van der Waals surface area contributed by atoms with Crippen LogP contribution in [0.5, 0.6) is 0 Å². The summed E-state index contributed by atoms with van der Waals surface area (Å²) in [4.78, 5) is 10.6. The molecular formula is C7H8ClNO2. The third-order valence-electron chi connectivity index (χ3n) is 1.19. The van der Waals surface area contributed by atoms with Gasteiger partial charge in [0, 0.05) is 12.1 Å². The fourth-order valence-corrected chi connectivity index (χ4v) is 0.736. The van der Waals surface area contributed by atoms with Crippen LogP contribution in [0, 0.1) is 0 Å². The van der Waals surface area contributed by atoms with Crippen LogP contribution in [0.4, 0.5) is 0 Å². The van der Waals surface area contributed by atoms with Crippen LogP contribution in [0.15, 0.2) is 23.0 Å². The molecule has 1 aromatic rings. The molecule has 60 valence electrons. The Bertz CT molecular complexity index is 220. The summed E-state index contributed by atoms with van der Waals surface area (Å²) in [6.07, 6.45) is 3.14. The van der Waals surface area contributed by atoms with Crippen LogP contribution in [0.25, 0.3) is 0 Å². The first-order chi connectivity index (χ1) is 5.33. The van der Waals surface area contributed by atoms with Crippen LogP contribution < -0.4 is 5.32 Å². The Morgan fingerprint density at radius 1 is 1.73 bits per heavy atom. The molecule has 0 atom stereocenters. The Balaban J connectivity index is 2.29. The lowest BCUT2D eigenvalue weighted by molar-refractivity contribution is -0.118. The van der Waals surface area contributed by atoms with Gasteiger partial charge in [0.2, 0.25) is 5.91 Å². The molecule has 0 aliphatic carbocycles. The number of furan rings is 1. The van der Waals surface area contributed by atoms with E-state index in [-0.39, 0.29) is 11.8 Å². The van der Waals surface area contributed by atoms with Crippen molar-refractivity contribution in [3.8, 4) is 0 Å². The summed E-state index contributed by atoms with van der Waals surface area (Å²) in [7, 11) is 0. The van der Waals surface area contributed by atoms with Crippen LogP contribution in [-0.2, 0) is 11.3 Å². The number of rotatable bonds is 3. The Kier molecular flexibility index (Phi) is 2.98. The molecule has 0 fully saturated rings. The zero-order valence-electron chi connectivity index (χ0n) is 5.84. The van der Waals surface area contributed by atoms with Gasteiger partial charge >= 0.3 is 0 Å². The molecule has 1 aromatic heterocycles. The highest BCUT2D eigenvalue weighted by atomic mass is 35.5. The van der Waals surface area contributed by atoms with Gasteiger partial charge in [-0.3, -0.25) is 4.79 Å². The average molecular weight is 174 g/mol. The minimum absolute atomic E-state index is 0.00213. The quantitative estimate of drug-likeness (QED) is 0.697. The maximum Gasteiger partial charge on any atom is 0.235 e. The molecule has 0 radical (unpaired) electrons. The summed E-state index contributed by atoms with van der Waals surface area (Å²) in [5, 5.41) is 2.60. The molecule has 1 N–H and O–H groups in total. The molecule has 1 rings (SSSR count). The number of halogens is 1. The van der Waals surface area contributed by atoms with Crippen LogP contribution in [0.3, 0.4) is 0 Å². The largest absolute Gasteiger partial charge is 0.472 e. The van der Waals surface area contributed by atoms with E-state index in [1.54, 1.807) is 18.6 Å². The number of alkyl halides is 1. The van der Waals surface area contributed by atoms with E-state index < -0.39 is 0 Å². The fourth-order valence-electron chi connectivity index (χ4n) is 0.641. The monoisotopic (exact) mass is 173 g/mol. The van der Waals surface area contributed by atoms with E-state index >= 15 is 0 Å². The number of carbonyl (C=O) groups excluding carboxylic acids is 1. The Morgan fingerprint density at radius 3 is 3.09 bits per heavy atom. The van der Waals surface area contributed by atoms with Crippen molar-refractivity contribution in [1.29, 1.82) is 0 Å². The standard InChI is InChI=1S/C7H8ClNO2/c8-3-7(10)9-4-6-1-2-11-5-6/h1-2,5H,3-4H2,(H,9,10). The maximum absolute atomic E-state index is 10.6. The number of carbonyl (C=O) groups is 1. The minimum atomic E-state index is -0.173. The first-order valence-corrected chi connectivity index (χ1v) is 3.70. The third-order valence-corrected chi connectivity index (χ3v) is 1.43. The van der Waals surface area contributed by atoms with Gasteiger partial charge in [-0.2, -0.15) is 0 Å². The highest BCUT2D eigenvalue weighted by Crippen LogP contribution is 1.98. The molecule has 0 aliphatic rings. The summed E-state index contributed by atoms with van der Waals surface area (Å²) in [6.45, 7) is 0.474. The van der Waals surface area contributed by atoms with E-state index in [1.165, 1.54) is 0 Å². The van der Waals surface area contributed by atoms with Gasteiger partial charge in [0.15, 0.2) is 0 Å². The molecule has 0 saturated carbocycles. The summed E-state index contributed by atoms with van der Waals surface area (Å²) in [6, 6.07) is 1.79. The molecule has 1 heterocycles. The summed E-state index contributed by atoms with van der Waals surface area (Å²) in [5.74, 6) is -0.175. The van der Waals surface area contributed by atoms with Gasteiger partial charge in [0.1, 0.15) is 5.88 Å². The Labute approximate surface area is 69.3 Å². The lowest BCUT2D eigenvalue weighted by Gasteiger charge is -1.97. The predicted molar refractivity (Wildman–Crippen MR) is 41.3 cm³/mol. The number of hydrogen-bond acceptors (Lipinski definition) is 2. The van der Waals surface area contributed by atoms with Gasteiger partial charge in [0.05, 0.1) is 12.5 Å². The molecule has 0 aromatic carbocycles. The van der Waals surface area contributed by atoms with Crippen molar-refractivity contribution >= 4 is 17.5 Å². The van der Waals surface area contributed by atoms with E-state index in [0.29, 0.717) is 6.54 Å². The smallest absolute Gasteiger partial charge is 0.235 e. The molecule has 0 saturated heterocycles. The van der Waals surface area contributed by atoms with Crippen LogP contribution >= 0.6 is 11.6 Å². The zero-order valence-corrected chi connectivity index (χ0v) is 6.60. The van der Waals surface area contributed by atoms with Crippen molar-refractivity contribution in [1.82, 2.24) is 5.32 Å².